The highest BCUT2D eigenvalue weighted by Gasteiger charge is 2.28. The zero-order chi connectivity index (χ0) is 20.3. The van der Waals surface area contributed by atoms with Crippen molar-refractivity contribution in [2.24, 2.45) is 10.7 Å². The molecule has 1 atom stereocenters. The summed E-state index contributed by atoms with van der Waals surface area (Å²) < 4.78 is 0. The fourth-order valence-electron chi connectivity index (χ4n) is 4.02. The van der Waals surface area contributed by atoms with Crippen LogP contribution < -0.4 is 11.1 Å². The number of amides is 1. The third kappa shape index (κ3) is 4.80. The largest absolute Gasteiger partial charge is 0.404 e. The van der Waals surface area contributed by atoms with Gasteiger partial charge >= 0.3 is 0 Å². The van der Waals surface area contributed by atoms with E-state index < -0.39 is 5.60 Å². The monoisotopic (exact) mass is 384 g/mol. The minimum Gasteiger partial charge on any atom is -0.404 e. The number of carbonyl (C=O) groups is 1. The number of nitrogens with zero attached hydrogens (tertiary/aromatic N) is 2. The number of rotatable bonds is 5. The van der Waals surface area contributed by atoms with Gasteiger partial charge in [-0.2, -0.15) is 0 Å². The van der Waals surface area contributed by atoms with Gasteiger partial charge in [-0.05, 0) is 63.3 Å². The van der Waals surface area contributed by atoms with Crippen molar-refractivity contribution in [2.75, 3.05) is 19.6 Å². The smallest absolute Gasteiger partial charge is 0.257 e. The van der Waals surface area contributed by atoms with Crippen molar-refractivity contribution in [2.45, 2.75) is 58.2 Å². The molecule has 1 fully saturated rings. The highest BCUT2D eigenvalue weighted by molar-refractivity contribution is 6.12. The molecule has 0 saturated carbocycles. The highest BCUT2D eigenvalue weighted by atomic mass is 16.3. The Labute approximate surface area is 167 Å². The summed E-state index contributed by atoms with van der Waals surface area (Å²) in [7, 11) is 0. The second-order valence-electron chi connectivity index (χ2n) is 8.52. The number of aliphatic hydroxyl groups is 1. The maximum atomic E-state index is 13.0. The van der Waals surface area contributed by atoms with Crippen molar-refractivity contribution in [3.63, 3.8) is 0 Å². The molecule has 0 radical (unpaired) electrons. The van der Waals surface area contributed by atoms with Crippen LogP contribution in [0, 0.1) is 6.92 Å². The van der Waals surface area contributed by atoms with Crippen LogP contribution in [-0.2, 0) is 17.8 Å². The van der Waals surface area contributed by atoms with Crippen LogP contribution in [0.2, 0.25) is 0 Å². The lowest BCUT2D eigenvalue weighted by Gasteiger charge is -2.32. The topological polar surface area (TPSA) is 91.0 Å². The van der Waals surface area contributed by atoms with Crippen molar-refractivity contribution < 1.29 is 9.90 Å². The zero-order valence-corrected chi connectivity index (χ0v) is 17.2. The summed E-state index contributed by atoms with van der Waals surface area (Å²) in [6.07, 6.45) is 5.96. The van der Waals surface area contributed by atoms with Crippen molar-refractivity contribution in [3.05, 3.63) is 46.2 Å². The van der Waals surface area contributed by atoms with Gasteiger partial charge in [-0.1, -0.05) is 17.7 Å². The first-order chi connectivity index (χ1) is 13.3. The van der Waals surface area contributed by atoms with Crippen molar-refractivity contribution in [1.29, 1.82) is 0 Å². The number of nitrogens with two attached hydrogens (primary N) is 1. The van der Waals surface area contributed by atoms with E-state index in [1.807, 2.05) is 4.90 Å². The number of benzene rings is 1. The lowest BCUT2D eigenvalue weighted by molar-refractivity contribution is -0.127. The highest BCUT2D eigenvalue weighted by Crippen LogP contribution is 2.32. The number of hydrogen-bond donors (Lipinski definition) is 3. The molecular formula is C22H32N4O2. The van der Waals surface area contributed by atoms with Crippen LogP contribution in [0.15, 0.2) is 28.9 Å². The van der Waals surface area contributed by atoms with E-state index in [-0.39, 0.29) is 12.5 Å². The molecule has 4 N–H and O–H groups in total. The second kappa shape index (κ2) is 8.45. The van der Waals surface area contributed by atoms with E-state index in [1.165, 1.54) is 41.1 Å². The van der Waals surface area contributed by atoms with E-state index >= 15 is 0 Å². The molecule has 6 nitrogen and oxygen atoms in total. The van der Waals surface area contributed by atoms with Gasteiger partial charge in [0.2, 0.25) is 0 Å². The summed E-state index contributed by atoms with van der Waals surface area (Å²) in [5.41, 5.74) is 10.4. The SMILES string of the molecule is Cc1cc2c(c([C@@H]3CCCN3)c1)CN(C(=O)C(C=NCC(C)(C)O)=CN)CC2. The van der Waals surface area contributed by atoms with Crippen molar-refractivity contribution >= 4 is 12.1 Å². The number of hydrogen-bond acceptors (Lipinski definition) is 5. The minimum absolute atomic E-state index is 0.112. The fourth-order valence-corrected chi connectivity index (χ4v) is 4.02. The van der Waals surface area contributed by atoms with E-state index in [0.29, 0.717) is 24.7 Å². The molecule has 0 aliphatic carbocycles. The average molecular weight is 385 g/mol. The molecule has 2 aliphatic heterocycles. The summed E-state index contributed by atoms with van der Waals surface area (Å²) in [6, 6.07) is 4.89. The molecule has 0 unspecified atom stereocenters. The molecule has 152 valence electrons. The number of aliphatic imine (C=N–C) groups is 1. The average Bonchev–Trinajstić information content (AvgIpc) is 3.17. The van der Waals surface area contributed by atoms with Gasteiger partial charge in [-0.15, -0.1) is 0 Å². The normalized spacial score (nSPS) is 20.6. The Morgan fingerprint density at radius 2 is 2.25 bits per heavy atom. The molecule has 0 aromatic heterocycles. The molecule has 1 aromatic carbocycles. The number of aryl methyl sites for hydroxylation is 1. The summed E-state index contributed by atoms with van der Waals surface area (Å²) in [4.78, 5) is 19.0. The molecule has 1 saturated heterocycles. The first-order valence-corrected chi connectivity index (χ1v) is 10.1. The fraction of sp³-hybridized carbons (Fsp3) is 0.545. The Kier molecular flexibility index (Phi) is 6.20. The quantitative estimate of drug-likeness (QED) is 0.535. The molecule has 0 bridgehead atoms. The molecule has 0 spiro atoms. The third-order valence-corrected chi connectivity index (χ3v) is 5.38. The van der Waals surface area contributed by atoms with Gasteiger partial charge in [0.15, 0.2) is 0 Å². The Morgan fingerprint density at radius 3 is 2.89 bits per heavy atom. The zero-order valence-electron chi connectivity index (χ0n) is 17.2. The van der Waals surface area contributed by atoms with E-state index in [4.69, 9.17) is 5.73 Å². The first kappa shape index (κ1) is 20.6. The van der Waals surface area contributed by atoms with Gasteiger partial charge in [0.25, 0.3) is 5.91 Å². The predicted molar refractivity (Wildman–Crippen MR) is 112 cm³/mol. The van der Waals surface area contributed by atoms with Crippen molar-refractivity contribution in [3.8, 4) is 0 Å². The summed E-state index contributed by atoms with van der Waals surface area (Å²) in [6.45, 7) is 8.04. The van der Waals surface area contributed by atoms with Crippen LogP contribution in [0.1, 0.15) is 55.0 Å². The van der Waals surface area contributed by atoms with Gasteiger partial charge < -0.3 is 21.1 Å². The standard InChI is InChI=1S/C22H32N4O2/c1-15-9-16-6-8-26(13-19(16)18(10-15)20-5-4-7-25-20)21(27)17(11-23)12-24-14-22(2,3)28/h9-12,20,25,28H,4-8,13-14,23H2,1-3H3/t20-/m0/s1. The maximum Gasteiger partial charge on any atom is 0.257 e. The van der Waals surface area contributed by atoms with Crippen LogP contribution in [0.4, 0.5) is 0 Å². The maximum absolute atomic E-state index is 13.0. The molecular weight excluding hydrogens is 352 g/mol. The Morgan fingerprint density at radius 1 is 1.46 bits per heavy atom. The molecule has 1 aromatic rings. The molecule has 1 amide bonds. The predicted octanol–water partition coefficient (Wildman–Crippen LogP) is 1.99. The van der Waals surface area contributed by atoms with Gasteiger partial charge in [-0.3, -0.25) is 9.79 Å². The molecule has 6 heteroatoms. The van der Waals surface area contributed by atoms with E-state index in [1.54, 1.807) is 13.8 Å². The Hall–Kier alpha value is -2.18. The summed E-state index contributed by atoms with van der Waals surface area (Å²) in [5, 5.41) is 13.4. The lowest BCUT2D eigenvalue weighted by Crippen LogP contribution is -2.38. The van der Waals surface area contributed by atoms with Gasteiger partial charge in [-0.25, -0.2) is 0 Å². The van der Waals surface area contributed by atoms with Crippen LogP contribution in [-0.4, -0.2) is 47.4 Å². The van der Waals surface area contributed by atoms with Gasteiger partial charge in [0, 0.05) is 31.5 Å². The Balaban J connectivity index is 1.79. The Bertz CT molecular complexity index is 786. The van der Waals surface area contributed by atoms with Gasteiger partial charge in [0.05, 0.1) is 17.7 Å². The molecule has 2 aliphatic rings. The van der Waals surface area contributed by atoms with Crippen LogP contribution in [0.3, 0.4) is 0 Å². The van der Waals surface area contributed by atoms with E-state index in [9.17, 15) is 9.90 Å². The molecule has 28 heavy (non-hydrogen) atoms. The van der Waals surface area contributed by atoms with Crippen LogP contribution >= 0.6 is 0 Å². The number of carbonyl (C=O) groups excluding carboxylic acids is 1. The second-order valence-corrected chi connectivity index (χ2v) is 8.52. The molecule has 3 rings (SSSR count). The first-order valence-electron chi connectivity index (χ1n) is 10.1. The van der Waals surface area contributed by atoms with Crippen molar-refractivity contribution in [1.82, 2.24) is 10.2 Å². The minimum atomic E-state index is -0.912. The lowest BCUT2D eigenvalue weighted by atomic mass is 9.88. The summed E-state index contributed by atoms with van der Waals surface area (Å²) >= 11 is 0. The van der Waals surface area contributed by atoms with Gasteiger partial charge in [0.1, 0.15) is 0 Å². The summed E-state index contributed by atoms with van der Waals surface area (Å²) in [5.74, 6) is -0.112. The van der Waals surface area contributed by atoms with E-state index in [2.05, 4.69) is 29.4 Å². The van der Waals surface area contributed by atoms with Crippen LogP contribution in [0.5, 0.6) is 0 Å². The van der Waals surface area contributed by atoms with E-state index in [0.717, 1.165) is 19.4 Å². The number of fused-ring (bicyclic) bond motifs is 1. The molecule has 2 heterocycles. The number of nitrogens with one attached hydrogen (secondary N) is 1. The third-order valence-electron chi connectivity index (χ3n) is 5.38. The van der Waals surface area contributed by atoms with Crippen LogP contribution in [0.25, 0.3) is 0 Å².